The van der Waals surface area contributed by atoms with E-state index >= 15 is 0 Å². The van der Waals surface area contributed by atoms with E-state index in [-0.39, 0.29) is 0 Å². The summed E-state index contributed by atoms with van der Waals surface area (Å²) in [5.41, 5.74) is 2.90. The minimum Gasteiger partial charge on any atom is -0.254 e. The van der Waals surface area contributed by atoms with E-state index < -0.39 is 10.8 Å². The maximum absolute atomic E-state index is 11.7. The largest absolute Gasteiger partial charge is 0.254 e. The quantitative estimate of drug-likeness (QED) is 0.832. The zero-order valence-electron chi connectivity index (χ0n) is 9.56. The molecule has 2 aromatic rings. The second kappa shape index (κ2) is 4.82. The van der Waals surface area contributed by atoms with Crippen molar-refractivity contribution in [2.45, 2.75) is 11.1 Å². The van der Waals surface area contributed by atoms with Crippen molar-refractivity contribution in [1.29, 1.82) is 5.26 Å². The monoisotopic (exact) mass is 261 g/mol. The van der Waals surface area contributed by atoms with Crippen LogP contribution in [0.4, 0.5) is 0 Å². The molecular formula is C13H11NOS2. The molecule has 0 aliphatic heterocycles. The van der Waals surface area contributed by atoms with Crippen molar-refractivity contribution in [3.8, 4) is 17.2 Å². The Hall–Kier alpha value is -1.44. The van der Waals surface area contributed by atoms with Crippen molar-refractivity contribution in [2.75, 3.05) is 6.26 Å². The van der Waals surface area contributed by atoms with E-state index in [0.717, 1.165) is 20.9 Å². The lowest BCUT2D eigenvalue weighted by molar-refractivity contribution is 0.688. The minimum atomic E-state index is -1.06. The first kappa shape index (κ1) is 12.0. The van der Waals surface area contributed by atoms with Gasteiger partial charge in [-0.2, -0.15) is 5.26 Å². The van der Waals surface area contributed by atoms with Crippen molar-refractivity contribution >= 4 is 22.1 Å². The summed E-state index contributed by atoms with van der Waals surface area (Å²) in [7, 11) is -1.06. The van der Waals surface area contributed by atoms with Crippen LogP contribution in [-0.4, -0.2) is 10.5 Å². The number of hydrogen-bond acceptors (Lipinski definition) is 3. The van der Waals surface area contributed by atoms with Crippen LogP contribution in [0.15, 0.2) is 34.5 Å². The Labute approximate surface area is 107 Å². The molecule has 1 aromatic carbocycles. The zero-order chi connectivity index (χ0) is 12.4. The summed E-state index contributed by atoms with van der Waals surface area (Å²) in [5.74, 6) is 0. The molecule has 0 fully saturated rings. The predicted molar refractivity (Wildman–Crippen MR) is 71.5 cm³/mol. The van der Waals surface area contributed by atoms with Gasteiger partial charge in [0.15, 0.2) is 0 Å². The van der Waals surface area contributed by atoms with Gasteiger partial charge in [-0.05, 0) is 18.1 Å². The topological polar surface area (TPSA) is 40.9 Å². The highest BCUT2D eigenvalue weighted by Crippen LogP contribution is 2.37. The molecule has 0 radical (unpaired) electrons. The molecule has 86 valence electrons. The standard InChI is InChI=1S/C13H11NOS2/c1-9-11(8-14)16-13(17(2)15)12(9)10-6-4-3-5-7-10/h3-7H,1-2H3. The molecule has 0 aliphatic rings. The maximum Gasteiger partial charge on any atom is 0.110 e. The molecule has 1 heterocycles. The summed E-state index contributed by atoms with van der Waals surface area (Å²) < 4.78 is 12.5. The molecule has 0 saturated heterocycles. The van der Waals surface area contributed by atoms with Gasteiger partial charge in [-0.25, -0.2) is 0 Å². The molecule has 0 spiro atoms. The van der Waals surface area contributed by atoms with Gasteiger partial charge in [0.25, 0.3) is 0 Å². The summed E-state index contributed by atoms with van der Waals surface area (Å²) in [4.78, 5) is 0.647. The molecule has 2 nitrogen and oxygen atoms in total. The summed E-state index contributed by atoms with van der Waals surface area (Å²) in [6.07, 6.45) is 1.65. The van der Waals surface area contributed by atoms with Crippen molar-refractivity contribution in [2.24, 2.45) is 0 Å². The van der Waals surface area contributed by atoms with Crippen molar-refractivity contribution < 1.29 is 4.21 Å². The fourth-order valence-corrected chi connectivity index (χ4v) is 3.87. The van der Waals surface area contributed by atoms with Crippen LogP contribution in [0.3, 0.4) is 0 Å². The molecule has 2 rings (SSSR count). The zero-order valence-corrected chi connectivity index (χ0v) is 11.2. The summed E-state index contributed by atoms with van der Waals surface area (Å²) >= 11 is 1.33. The van der Waals surface area contributed by atoms with E-state index in [0.29, 0.717) is 4.88 Å². The first-order valence-electron chi connectivity index (χ1n) is 5.07. The number of thiophene rings is 1. The predicted octanol–water partition coefficient (Wildman–Crippen LogP) is 3.33. The normalized spacial score (nSPS) is 12.1. The van der Waals surface area contributed by atoms with E-state index in [9.17, 15) is 4.21 Å². The Morgan fingerprint density at radius 3 is 2.47 bits per heavy atom. The molecule has 1 aromatic heterocycles. The molecule has 0 amide bonds. The molecule has 0 bridgehead atoms. The van der Waals surface area contributed by atoms with E-state index in [1.807, 2.05) is 37.3 Å². The molecule has 4 heteroatoms. The van der Waals surface area contributed by atoms with Crippen LogP contribution in [0.5, 0.6) is 0 Å². The highest BCUT2D eigenvalue weighted by atomic mass is 32.2. The Kier molecular flexibility index (Phi) is 3.41. The molecule has 1 atom stereocenters. The third-order valence-corrected chi connectivity index (χ3v) is 5.21. The molecule has 1 unspecified atom stereocenters. The summed E-state index contributed by atoms with van der Waals surface area (Å²) in [6.45, 7) is 1.91. The Morgan fingerprint density at radius 2 is 1.94 bits per heavy atom. The summed E-state index contributed by atoms with van der Waals surface area (Å²) in [6, 6.07) is 12.0. The van der Waals surface area contributed by atoms with E-state index in [1.165, 1.54) is 11.3 Å². The van der Waals surface area contributed by atoms with Gasteiger partial charge in [0.2, 0.25) is 0 Å². The van der Waals surface area contributed by atoms with Crippen LogP contribution in [-0.2, 0) is 10.8 Å². The highest BCUT2D eigenvalue weighted by Gasteiger charge is 2.18. The lowest BCUT2D eigenvalue weighted by Crippen LogP contribution is -1.88. The lowest BCUT2D eigenvalue weighted by atomic mass is 10.0. The van der Waals surface area contributed by atoms with Crippen LogP contribution in [0.25, 0.3) is 11.1 Å². The number of nitriles is 1. The van der Waals surface area contributed by atoms with Crippen LogP contribution in [0.1, 0.15) is 10.4 Å². The van der Waals surface area contributed by atoms with Crippen molar-refractivity contribution in [3.05, 3.63) is 40.8 Å². The molecule has 0 saturated carbocycles. The number of benzene rings is 1. The maximum atomic E-state index is 11.7. The second-order valence-electron chi connectivity index (χ2n) is 3.65. The van der Waals surface area contributed by atoms with Gasteiger partial charge in [0, 0.05) is 11.8 Å². The number of rotatable bonds is 2. The van der Waals surface area contributed by atoms with Crippen LogP contribution in [0, 0.1) is 18.3 Å². The molecule has 0 N–H and O–H groups in total. The molecule has 17 heavy (non-hydrogen) atoms. The molecular weight excluding hydrogens is 250 g/mol. The smallest absolute Gasteiger partial charge is 0.110 e. The van der Waals surface area contributed by atoms with Gasteiger partial charge >= 0.3 is 0 Å². The van der Waals surface area contributed by atoms with Gasteiger partial charge in [-0.1, -0.05) is 30.3 Å². The number of hydrogen-bond donors (Lipinski definition) is 0. The third kappa shape index (κ3) is 2.17. The van der Waals surface area contributed by atoms with Gasteiger partial charge < -0.3 is 0 Å². The molecule has 0 aliphatic carbocycles. The van der Waals surface area contributed by atoms with Gasteiger partial charge in [0.05, 0.1) is 10.8 Å². The van der Waals surface area contributed by atoms with Crippen molar-refractivity contribution in [3.63, 3.8) is 0 Å². The van der Waals surface area contributed by atoms with Gasteiger partial charge in [0.1, 0.15) is 15.2 Å². The van der Waals surface area contributed by atoms with Gasteiger partial charge in [-0.15, -0.1) is 11.3 Å². The highest BCUT2D eigenvalue weighted by molar-refractivity contribution is 7.86. The average Bonchev–Trinajstić information content (AvgIpc) is 2.67. The minimum absolute atomic E-state index is 0.647. The van der Waals surface area contributed by atoms with Crippen molar-refractivity contribution in [1.82, 2.24) is 0 Å². The van der Waals surface area contributed by atoms with E-state index in [1.54, 1.807) is 6.26 Å². The fraction of sp³-hybridized carbons (Fsp3) is 0.154. The SMILES string of the molecule is Cc1c(C#N)sc(S(C)=O)c1-c1ccccc1. The first-order chi connectivity index (χ1) is 8.15. The number of nitrogens with zero attached hydrogens (tertiary/aromatic N) is 1. The van der Waals surface area contributed by atoms with Crippen LogP contribution >= 0.6 is 11.3 Å². The Bertz CT molecular complexity index is 608. The average molecular weight is 261 g/mol. The first-order valence-corrected chi connectivity index (χ1v) is 7.45. The third-order valence-electron chi connectivity index (χ3n) is 2.54. The Morgan fingerprint density at radius 1 is 1.29 bits per heavy atom. The fourth-order valence-electron chi connectivity index (χ4n) is 1.74. The second-order valence-corrected chi connectivity index (χ2v) is 6.25. The van der Waals surface area contributed by atoms with Crippen LogP contribution < -0.4 is 0 Å². The Balaban J connectivity index is 2.73. The van der Waals surface area contributed by atoms with E-state index in [2.05, 4.69) is 6.07 Å². The summed E-state index contributed by atoms with van der Waals surface area (Å²) in [5, 5.41) is 9.05. The lowest BCUT2D eigenvalue weighted by Gasteiger charge is -2.03. The van der Waals surface area contributed by atoms with E-state index in [4.69, 9.17) is 5.26 Å². The van der Waals surface area contributed by atoms with Crippen LogP contribution in [0.2, 0.25) is 0 Å². The van der Waals surface area contributed by atoms with Gasteiger partial charge in [-0.3, -0.25) is 4.21 Å².